The van der Waals surface area contributed by atoms with Crippen LogP contribution in [0, 0.1) is 5.92 Å². The van der Waals surface area contributed by atoms with Gasteiger partial charge in [-0.1, -0.05) is 18.2 Å². The van der Waals surface area contributed by atoms with Gasteiger partial charge in [-0.05, 0) is 30.9 Å². The van der Waals surface area contributed by atoms with Crippen molar-refractivity contribution < 1.29 is 9.90 Å². The molecule has 2 aromatic heterocycles. The van der Waals surface area contributed by atoms with E-state index in [1.807, 2.05) is 36.8 Å². The number of hydrogen-bond acceptors (Lipinski definition) is 4. The molecule has 3 aromatic rings. The van der Waals surface area contributed by atoms with E-state index < -0.39 is 5.97 Å². The SMILES string of the molecule is O=C(O)c1cc(N2CCC[C@H](Cn3ccnc3)C2)nc2ccccc12. The van der Waals surface area contributed by atoms with Gasteiger partial charge in [0.15, 0.2) is 0 Å². The molecular weight excluding hydrogens is 316 g/mol. The van der Waals surface area contributed by atoms with E-state index in [1.54, 1.807) is 12.3 Å². The first-order chi connectivity index (χ1) is 12.2. The number of carbonyl (C=O) groups is 1. The second-order valence-electron chi connectivity index (χ2n) is 6.56. The van der Waals surface area contributed by atoms with Crippen LogP contribution in [0.2, 0.25) is 0 Å². The fourth-order valence-electron chi connectivity index (χ4n) is 3.62. The zero-order chi connectivity index (χ0) is 17.2. The second kappa shape index (κ2) is 6.55. The number of piperidine rings is 1. The van der Waals surface area contributed by atoms with Gasteiger partial charge in [0.2, 0.25) is 0 Å². The van der Waals surface area contributed by atoms with Crippen LogP contribution in [-0.2, 0) is 6.54 Å². The molecule has 128 valence electrons. The van der Waals surface area contributed by atoms with E-state index in [2.05, 4.69) is 14.5 Å². The van der Waals surface area contributed by atoms with Crippen molar-refractivity contribution in [3.63, 3.8) is 0 Å². The van der Waals surface area contributed by atoms with E-state index >= 15 is 0 Å². The molecule has 0 spiro atoms. The van der Waals surface area contributed by atoms with Gasteiger partial charge in [-0.3, -0.25) is 0 Å². The van der Waals surface area contributed by atoms with E-state index in [9.17, 15) is 9.90 Å². The number of rotatable bonds is 4. The van der Waals surface area contributed by atoms with Gasteiger partial charge in [0.25, 0.3) is 0 Å². The van der Waals surface area contributed by atoms with Crippen molar-refractivity contribution in [2.24, 2.45) is 5.92 Å². The number of imidazole rings is 1. The first-order valence-electron chi connectivity index (χ1n) is 8.54. The van der Waals surface area contributed by atoms with Crippen LogP contribution in [0.1, 0.15) is 23.2 Å². The summed E-state index contributed by atoms with van der Waals surface area (Å²) >= 11 is 0. The number of pyridine rings is 1. The summed E-state index contributed by atoms with van der Waals surface area (Å²) in [6.45, 7) is 2.71. The van der Waals surface area contributed by atoms with Crippen LogP contribution in [-0.4, -0.2) is 38.7 Å². The third kappa shape index (κ3) is 3.20. The molecule has 4 rings (SSSR count). The van der Waals surface area contributed by atoms with Crippen molar-refractivity contribution in [2.75, 3.05) is 18.0 Å². The van der Waals surface area contributed by atoms with Crippen molar-refractivity contribution in [3.05, 3.63) is 54.6 Å². The van der Waals surface area contributed by atoms with Gasteiger partial charge in [-0.15, -0.1) is 0 Å². The lowest BCUT2D eigenvalue weighted by Crippen LogP contribution is -2.37. The van der Waals surface area contributed by atoms with Crippen LogP contribution >= 0.6 is 0 Å². The number of anilines is 1. The molecular formula is C19H20N4O2. The van der Waals surface area contributed by atoms with Gasteiger partial charge in [-0.2, -0.15) is 0 Å². The number of aromatic nitrogens is 3. The molecule has 1 saturated heterocycles. The van der Waals surface area contributed by atoms with Gasteiger partial charge < -0.3 is 14.6 Å². The molecule has 0 radical (unpaired) electrons. The van der Waals surface area contributed by atoms with Crippen LogP contribution < -0.4 is 4.90 Å². The monoisotopic (exact) mass is 336 g/mol. The Hall–Kier alpha value is -2.89. The summed E-state index contributed by atoms with van der Waals surface area (Å²) in [5.74, 6) is 0.350. The molecule has 3 heterocycles. The van der Waals surface area contributed by atoms with Gasteiger partial charge in [0.05, 0.1) is 17.4 Å². The zero-order valence-electron chi connectivity index (χ0n) is 13.9. The van der Waals surface area contributed by atoms with Gasteiger partial charge in [-0.25, -0.2) is 14.8 Å². The Kier molecular flexibility index (Phi) is 4.09. The molecule has 6 heteroatoms. The fourth-order valence-corrected chi connectivity index (χ4v) is 3.62. The first-order valence-corrected chi connectivity index (χ1v) is 8.54. The summed E-state index contributed by atoms with van der Waals surface area (Å²) in [5, 5.41) is 10.3. The highest BCUT2D eigenvalue weighted by Gasteiger charge is 2.23. The standard InChI is InChI=1S/C19H20N4O2/c24-19(25)16-10-18(21-17-6-2-1-5-15(16)17)23-8-3-4-14(12-23)11-22-9-7-20-13-22/h1-2,5-7,9-10,13-14H,3-4,8,11-12H2,(H,24,25)/t14-/m1/s1. The molecule has 0 saturated carbocycles. The Morgan fingerprint density at radius 3 is 3.00 bits per heavy atom. The molecule has 1 aliphatic heterocycles. The van der Waals surface area contributed by atoms with Crippen LogP contribution in [0.15, 0.2) is 49.1 Å². The summed E-state index contributed by atoms with van der Waals surface area (Å²) in [7, 11) is 0. The molecule has 25 heavy (non-hydrogen) atoms. The molecule has 0 aliphatic carbocycles. The van der Waals surface area contributed by atoms with Crippen molar-refractivity contribution in [2.45, 2.75) is 19.4 Å². The number of hydrogen-bond donors (Lipinski definition) is 1. The van der Waals surface area contributed by atoms with Gasteiger partial charge in [0.1, 0.15) is 5.82 Å². The highest BCUT2D eigenvalue weighted by atomic mass is 16.4. The molecule has 0 amide bonds. The Balaban J connectivity index is 1.63. The summed E-state index contributed by atoms with van der Waals surface area (Å²) in [6, 6.07) is 9.14. The highest BCUT2D eigenvalue weighted by molar-refractivity contribution is 6.03. The fraction of sp³-hybridized carbons (Fsp3) is 0.316. The van der Waals surface area contributed by atoms with Crippen LogP contribution in [0.4, 0.5) is 5.82 Å². The predicted molar refractivity (Wildman–Crippen MR) is 95.9 cm³/mol. The summed E-state index contributed by atoms with van der Waals surface area (Å²) in [5.41, 5.74) is 1.05. The molecule has 1 aliphatic rings. The lowest BCUT2D eigenvalue weighted by molar-refractivity contribution is 0.0699. The number of nitrogens with zero attached hydrogens (tertiary/aromatic N) is 4. The predicted octanol–water partition coefficient (Wildman–Crippen LogP) is 3.05. The molecule has 1 aromatic carbocycles. The second-order valence-corrected chi connectivity index (χ2v) is 6.56. The summed E-state index contributed by atoms with van der Waals surface area (Å²) in [6.07, 6.45) is 7.86. The summed E-state index contributed by atoms with van der Waals surface area (Å²) < 4.78 is 2.10. The molecule has 0 unspecified atom stereocenters. The lowest BCUT2D eigenvalue weighted by Gasteiger charge is -2.34. The molecule has 6 nitrogen and oxygen atoms in total. The first kappa shape index (κ1) is 15.6. The normalized spacial score (nSPS) is 17.8. The minimum absolute atomic E-state index is 0.317. The maximum atomic E-state index is 11.7. The smallest absolute Gasteiger partial charge is 0.336 e. The third-order valence-corrected chi connectivity index (χ3v) is 4.80. The molecule has 1 atom stereocenters. The molecule has 1 N–H and O–H groups in total. The van der Waals surface area contributed by atoms with Crippen LogP contribution in [0.3, 0.4) is 0 Å². The van der Waals surface area contributed by atoms with E-state index in [-0.39, 0.29) is 0 Å². The lowest BCUT2D eigenvalue weighted by atomic mass is 9.97. The quantitative estimate of drug-likeness (QED) is 0.793. The zero-order valence-corrected chi connectivity index (χ0v) is 13.9. The Bertz CT molecular complexity index is 892. The minimum Gasteiger partial charge on any atom is -0.478 e. The Labute approximate surface area is 145 Å². The topological polar surface area (TPSA) is 71.2 Å². The van der Waals surface area contributed by atoms with Gasteiger partial charge in [0, 0.05) is 37.4 Å². The summed E-state index contributed by atoms with van der Waals surface area (Å²) in [4.78, 5) is 22.7. The largest absolute Gasteiger partial charge is 0.478 e. The molecule has 0 bridgehead atoms. The van der Waals surface area contributed by atoms with Crippen LogP contribution in [0.5, 0.6) is 0 Å². The highest BCUT2D eigenvalue weighted by Crippen LogP contribution is 2.27. The number of fused-ring (bicyclic) bond motifs is 1. The number of carboxylic acid groups (broad SMARTS) is 1. The Morgan fingerprint density at radius 2 is 2.20 bits per heavy atom. The number of benzene rings is 1. The number of para-hydroxylation sites is 1. The van der Waals surface area contributed by atoms with Crippen molar-refractivity contribution in [1.29, 1.82) is 0 Å². The average Bonchev–Trinajstić information content (AvgIpc) is 3.14. The van der Waals surface area contributed by atoms with Crippen molar-refractivity contribution in [3.8, 4) is 0 Å². The van der Waals surface area contributed by atoms with E-state index in [0.29, 0.717) is 16.9 Å². The molecule has 1 fully saturated rings. The van der Waals surface area contributed by atoms with Gasteiger partial charge >= 0.3 is 5.97 Å². The van der Waals surface area contributed by atoms with Crippen LogP contribution in [0.25, 0.3) is 10.9 Å². The average molecular weight is 336 g/mol. The Morgan fingerprint density at radius 1 is 1.32 bits per heavy atom. The number of aromatic carboxylic acids is 1. The maximum Gasteiger partial charge on any atom is 0.336 e. The third-order valence-electron chi connectivity index (χ3n) is 4.80. The minimum atomic E-state index is -0.910. The van der Waals surface area contributed by atoms with Crippen molar-refractivity contribution >= 4 is 22.7 Å². The maximum absolute atomic E-state index is 11.7. The number of carboxylic acids is 1. The van der Waals surface area contributed by atoms with Crippen molar-refractivity contribution in [1.82, 2.24) is 14.5 Å². The van der Waals surface area contributed by atoms with E-state index in [0.717, 1.165) is 43.8 Å². The van der Waals surface area contributed by atoms with E-state index in [4.69, 9.17) is 4.98 Å². The van der Waals surface area contributed by atoms with E-state index in [1.165, 1.54) is 0 Å².